The first-order valence-corrected chi connectivity index (χ1v) is 10.2. The van der Waals surface area contributed by atoms with Crippen LogP contribution in [0.2, 0.25) is 0 Å². The number of hydrogen-bond acceptors (Lipinski definition) is 4. The minimum Gasteiger partial charge on any atom is -0.486 e. The summed E-state index contributed by atoms with van der Waals surface area (Å²) in [6, 6.07) is 13.7. The van der Waals surface area contributed by atoms with E-state index >= 15 is 0 Å². The van der Waals surface area contributed by atoms with Crippen molar-refractivity contribution in [2.45, 2.75) is 38.7 Å². The lowest BCUT2D eigenvalue weighted by Gasteiger charge is -2.11. The first-order chi connectivity index (χ1) is 13.7. The van der Waals surface area contributed by atoms with Crippen molar-refractivity contribution in [3.63, 3.8) is 0 Å². The lowest BCUT2D eigenvalue weighted by Crippen LogP contribution is -2.21. The monoisotopic (exact) mass is 438 g/mol. The highest BCUT2D eigenvalue weighted by atomic mass is 79.9. The third-order valence-electron chi connectivity index (χ3n) is 5.02. The first-order valence-electron chi connectivity index (χ1n) is 9.40. The van der Waals surface area contributed by atoms with Crippen molar-refractivity contribution in [1.82, 2.24) is 0 Å². The van der Waals surface area contributed by atoms with Gasteiger partial charge in [-0.3, -0.25) is 5.73 Å². The highest BCUT2D eigenvalue weighted by Gasteiger charge is 2.26. The summed E-state index contributed by atoms with van der Waals surface area (Å²) >= 11 is 3.44. The van der Waals surface area contributed by atoms with Crippen LogP contribution >= 0.6 is 15.9 Å². The van der Waals surface area contributed by atoms with Crippen LogP contribution in [0.4, 0.5) is 5.82 Å². The number of pyridine rings is 1. The molecule has 2 heterocycles. The highest BCUT2D eigenvalue weighted by molar-refractivity contribution is 9.10. The summed E-state index contributed by atoms with van der Waals surface area (Å²) in [4.78, 5) is 3.24. The topological polar surface area (TPSA) is 86.3 Å². The van der Waals surface area contributed by atoms with Gasteiger partial charge < -0.3 is 9.15 Å². The standard InChI is InChI=1S/C22H20BrN3O2/c23-14-5-4-6-15(11-14)27-13-16-9-10-20(28-16)21-17-7-2-1-3-8-19(17)26-22(25)18(21)12-24/h4-6,9-11H,1-3,7-8,13H2,(H2,25,26)/p+1. The highest BCUT2D eigenvalue weighted by Crippen LogP contribution is 2.35. The zero-order valence-corrected chi connectivity index (χ0v) is 17.0. The number of anilines is 1. The normalized spacial score (nSPS) is 13.4. The predicted molar refractivity (Wildman–Crippen MR) is 110 cm³/mol. The van der Waals surface area contributed by atoms with E-state index < -0.39 is 0 Å². The number of nitrogens with one attached hydrogen (secondary N) is 1. The number of nitrogens with zero attached hydrogens (tertiary/aromatic N) is 1. The van der Waals surface area contributed by atoms with Gasteiger partial charge in [0.1, 0.15) is 35.6 Å². The maximum atomic E-state index is 9.70. The predicted octanol–water partition coefficient (Wildman–Crippen LogP) is 4.82. The van der Waals surface area contributed by atoms with Crippen LogP contribution in [0.5, 0.6) is 5.75 Å². The molecule has 0 fully saturated rings. The van der Waals surface area contributed by atoms with Crippen LogP contribution in [0.3, 0.4) is 0 Å². The first kappa shape index (κ1) is 18.6. The van der Waals surface area contributed by atoms with Crippen LogP contribution < -0.4 is 15.5 Å². The Morgan fingerprint density at radius 3 is 2.86 bits per heavy atom. The lowest BCUT2D eigenvalue weighted by molar-refractivity contribution is -0.373. The zero-order chi connectivity index (χ0) is 19.5. The number of nitrogen functional groups attached to an aromatic ring is 1. The number of nitrogens with two attached hydrogens (primary N) is 1. The van der Waals surface area contributed by atoms with E-state index in [2.05, 4.69) is 27.0 Å². The van der Waals surface area contributed by atoms with E-state index in [-0.39, 0.29) is 0 Å². The maximum Gasteiger partial charge on any atom is 0.289 e. The Bertz CT molecular complexity index is 1050. The van der Waals surface area contributed by atoms with E-state index in [0.29, 0.717) is 29.5 Å². The van der Waals surface area contributed by atoms with Crippen molar-refractivity contribution in [2.24, 2.45) is 0 Å². The second-order valence-electron chi connectivity index (χ2n) is 6.93. The molecule has 3 N–H and O–H groups in total. The summed E-state index contributed by atoms with van der Waals surface area (Å²) in [6.45, 7) is 0.314. The molecule has 0 bridgehead atoms. The zero-order valence-electron chi connectivity index (χ0n) is 15.4. The van der Waals surface area contributed by atoms with Gasteiger partial charge in [0.05, 0.1) is 5.56 Å². The van der Waals surface area contributed by atoms with Crippen LogP contribution in [0.15, 0.2) is 45.3 Å². The molecule has 2 aromatic heterocycles. The number of fused-ring (bicyclic) bond motifs is 1. The van der Waals surface area contributed by atoms with Gasteiger partial charge in [-0.15, -0.1) is 0 Å². The van der Waals surface area contributed by atoms with Gasteiger partial charge in [0.2, 0.25) is 0 Å². The van der Waals surface area contributed by atoms with Crippen molar-refractivity contribution < 1.29 is 14.1 Å². The molecule has 3 aromatic rings. The third-order valence-corrected chi connectivity index (χ3v) is 5.51. The lowest BCUT2D eigenvalue weighted by atomic mass is 9.95. The van der Waals surface area contributed by atoms with E-state index in [1.807, 2.05) is 36.4 Å². The third kappa shape index (κ3) is 3.76. The van der Waals surface area contributed by atoms with E-state index in [4.69, 9.17) is 14.9 Å². The Hall–Kier alpha value is -2.78. The van der Waals surface area contributed by atoms with Crippen LogP contribution in [-0.2, 0) is 19.4 Å². The number of ether oxygens (including phenoxy) is 1. The number of hydrogen-bond donors (Lipinski definition) is 1. The van der Waals surface area contributed by atoms with Gasteiger partial charge in [-0.1, -0.05) is 28.4 Å². The molecule has 28 heavy (non-hydrogen) atoms. The molecular formula is C22H21BrN3O2+. The van der Waals surface area contributed by atoms with Gasteiger partial charge in [-0.05, 0) is 49.6 Å². The van der Waals surface area contributed by atoms with E-state index in [1.54, 1.807) is 0 Å². The molecule has 0 amide bonds. The Morgan fingerprint density at radius 1 is 1.18 bits per heavy atom. The largest absolute Gasteiger partial charge is 0.486 e. The summed E-state index contributed by atoms with van der Waals surface area (Å²) < 4.78 is 12.8. The number of furan rings is 1. The molecule has 0 unspecified atom stereocenters. The number of aromatic nitrogens is 1. The Kier molecular flexibility index (Phi) is 5.36. The molecule has 4 rings (SSSR count). The van der Waals surface area contributed by atoms with Gasteiger partial charge in [0.15, 0.2) is 5.56 Å². The molecule has 6 heteroatoms. The van der Waals surface area contributed by atoms with Crippen molar-refractivity contribution >= 4 is 21.7 Å². The average Bonchev–Trinajstić information content (AvgIpc) is 3.03. The molecule has 0 spiro atoms. The van der Waals surface area contributed by atoms with Gasteiger partial charge in [0.25, 0.3) is 5.82 Å². The summed E-state index contributed by atoms with van der Waals surface area (Å²) in [5, 5.41) is 9.70. The minimum absolute atomic E-state index is 0.314. The molecule has 0 radical (unpaired) electrons. The number of nitriles is 1. The molecule has 1 aliphatic carbocycles. The molecule has 1 aromatic carbocycles. The fourth-order valence-corrected chi connectivity index (χ4v) is 4.07. The number of benzene rings is 1. The van der Waals surface area contributed by atoms with E-state index in [9.17, 15) is 5.26 Å². The van der Waals surface area contributed by atoms with Gasteiger partial charge in [-0.25, -0.2) is 4.98 Å². The second kappa shape index (κ2) is 8.07. The summed E-state index contributed by atoms with van der Waals surface area (Å²) in [5.41, 5.74) is 9.70. The fourth-order valence-electron chi connectivity index (χ4n) is 3.70. The molecule has 0 saturated heterocycles. The Morgan fingerprint density at radius 2 is 2.04 bits per heavy atom. The molecule has 142 valence electrons. The SMILES string of the molecule is N#Cc1c(N)[nH+]c2c(c1-c1ccc(COc3cccc(Br)c3)o1)CCCCC2. The van der Waals surface area contributed by atoms with Gasteiger partial charge in [0, 0.05) is 16.5 Å². The molecule has 1 aliphatic rings. The minimum atomic E-state index is 0.314. The Balaban J connectivity index is 1.66. The number of H-pyrrole nitrogens is 1. The molecule has 5 nitrogen and oxygen atoms in total. The maximum absolute atomic E-state index is 9.70. The second-order valence-corrected chi connectivity index (χ2v) is 7.85. The van der Waals surface area contributed by atoms with Crippen molar-refractivity contribution in [2.75, 3.05) is 5.73 Å². The summed E-state index contributed by atoms with van der Waals surface area (Å²) in [5.74, 6) is 2.54. The molecule has 0 atom stereocenters. The number of aromatic amines is 1. The average molecular weight is 439 g/mol. The fraction of sp³-hybridized carbons (Fsp3) is 0.273. The van der Waals surface area contributed by atoms with Crippen LogP contribution in [0.1, 0.15) is 41.8 Å². The number of halogens is 1. The van der Waals surface area contributed by atoms with E-state index in [1.165, 1.54) is 6.42 Å². The molecule has 0 saturated carbocycles. The number of rotatable bonds is 4. The Labute approximate surface area is 172 Å². The van der Waals surface area contributed by atoms with Gasteiger partial charge in [-0.2, -0.15) is 5.26 Å². The molecule has 0 aliphatic heterocycles. The van der Waals surface area contributed by atoms with Crippen molar-refractivity contribution in [1.29, 1.82) is 5.26 Å². The number of aryl methyl sites for hydroxylation is 1. The smallest absolute Gasteiger partial charge is 0.289 e. The van der Waals surface area contributed by atoms with Crippen molar-refractivity contribution in [3.05, 3.63) is 63.5 Å². The summed E-state index contributed by atoms with van der Waals surface area (Å²) in [6.07, 6.45) is 5.26. The van der Waals surface area contributed by atoms with Crippen molar-refractivity contribution in [3.8, 4) is 23.1 Å². The van der Waals surface area contributed by atoms with Gasteiger partial charge >= 0.3 is 0 Å². The van der Waals surface area contributed by atoms with Crippen LogP contribution in [0, 0.1) is 11.3 Å². The quantitative estimate of drug-likeness (QED) is 0.591. The van der Waals surface area contributed by atoms with Crippen LogP contribution in [0.25, 0.3) is 11.3 Å². The van der Waals surface area contributed by atoms with Crippen LogP contribution in [-0.4, -0.2) is 0 Å². The van der Waals surface area contributed by atoms with E-state index in [0.717, 1.165) is 52.7 Å². The molecular weight excluding hydrogens is 418 g/mol. The summed E-state index contributed by atoms with van der Waals surface area (Å²) in [7, 11) is 0.